The zero-order chi connectivity index (χ0) is 27.6. The van der Waals surface area contributed by atoms with Gasteiger partial charge in [0.05, 0.1) is 16.6 Å². The Hall–Kier alpha value is -4.79. The molecule has 0 aliphatic carbocycles. The van der Waals surface area contributed by atoms with Crippen molar-refractivity contribution in [3.05, 3.63) is 157 Å². The van der Waals surface area contributed by atoms with E-state index in [4.69, 9.17) is 4.98 Å². The van der Waals surface area contributed by atoms with Crippen molar-refractivity contribution >= 4 is 11.0 Å². The molecule has 4 nitrogen and oxygen atoms in total. The Balaban J connectivity index is 0.00000316. The SMILES string of the molecule is Oc1c(Cc2ccccc2)cccc1-c1nc2c(-c3[c-]c(-c4ccccn4)ccc3)cccc2n1-c1ccccc1.[Pt]. The van der Waals surface area contributed by atoms with Gasteiger partial charge >= 0.3 is 0 Å². The van der Waals surface area contributed by atoms with Gasteiger partial charge in [-0.2, -0.15) is 0 Å². The molecule has 7 rings (SSSR count). The number of fused-ring (bicyclic) bond motifs is 1. The predicted octanol–water partition coefficient (Wildman–Crippen LogP) is 8.52. The maximum Gasteiger partial charge on any atom is 0.148 e. The summed E-state index contributed by atoms with van der Waals surface area (Å²) >= 11 is 0. The third kappa shape index (κ3) is 5.18. The van der Waals surface area contributed by atoms with Crippen LogP contribution in [0.5, 0.6) is 5.75 Å². The molecular weight excluding hydrogens is 698 g/mol. The van der Waals surface area contributed by atoms with Crippen molar-refractivity contribution in [1.82, 2.24) is 14.5 Å². The van der Waals surface area contributed by atoms with Crippen LogP contribution in [0.2, 0.25) is 0 Å². The topological polar surface area (TPSA) is 50.9 Å². The molecule has 0 saturated carbocycles. The van der Waals surface area contributed by atoms with Crippen molar-refractivity contribution in [1.29, 1.82) is 0 Å². The number of imidazole rings is 1. The fourth-order valence-corrected chi connectivity index (χ4v) is 5.36. The van der Waals surface area contributed by atoms with Gasteiger partial charge in [0.25, 0.3) is 0 Å². The zero-order valence-electron chi connectivity index (χ0n) is 22.6. The van der Waals surface area contributed by atoms with E-state index in [0.29, 0.717) is 17.8 Å². The number of hydrogen-bond donors (Lipinski definition) is 1. The summed E-state index contributed by atoms with van der Waals surface area (Å²) in [6, 6.07) is 48.0. The van der Waals surface area contributed by atoms with Crippen LogP contribution >= 0.6 is 0 Å². The largest absolute Gasteiger partial charge is 0.507 e. The van der Waals surface area contributed by atoms with Crippen molar-refractivity contribution < 1.29 is 26.2 Å². The Morgan fingerprint density at radius 2 is 1.33 bits per heavy atom. The first-order chi connectivity index (χ1) is 20.3. The van der Waals surface area contributed by atoms with Gasteiger partial charge in [-0.05, 0) is 41.5 Å². The first-order valence-electron chi connectivity index (χ1n) is 13.6. The molecule has 0 fully saturated rings. The van der Waals surface area contributed by atoms with Gasteiger partial charge in [0.15, 0.2) is 0 Å². The van der Waals surface area contributed by atoms with Crippen LogP contribution < -0.4 is 0 Å². The number of phenols is 1. The quantitative estimate of drug-likeness (QED) is 0.175. The van der Waals surface area contributed by atoms with E-state index < -0.39 is 0 Å². The van der Waals surface area contributed by atoms with Gasteiger partial charge in [0.2, 0.25) is 0 Å². The second-order valence-electron chi connectivity index (χ2n) is 9.95. The Kier molecular flexibility index (Phi) is 7.81. The molecule has 0 radical (unpaired) electrons. The second kappa shape index (κ2) is 12.0. The molecule has 0 unspecified atom stereocenters. The molecule has 0 saturated heterocycles. The molecule has 0 spiro atoms. The van der Waals surface area contributed by atoms with Crippen molar-refractivity contribution in [2.75, 3.05) is 0 Å². The average Bonchev–Trinajstić information content (AvgIpc) is 3.43. The number of aromatic nitrogens is 3. The van der Waals surface area contributed by atoms with Crippen molar-refractivity contribution in [2.45, 2.75) is 6.42 Å². The molecule has 0 aliphatic rings. The minimum Gasteiger partial charge on any atom is -0.507 e. The number of pyridine rings is 1. The van der Waals surface area contributed by atoms with Crippen LogP contribution in [-0.4, -0.2) is 19.6 Å². The summed E-state index contributed by atoms with van der Waals surface area (Å²) in [5, 5.41) is 11.6. The maximum absolute atomic E-state index is 11.6. The van der Waals surface area contributed by atoms with Crippen molar-refractivity contribution in [3.63, 3.8) is 0 Å². The molecule has 2 heterocycles. The van der Waals surface area contributed by atoms with E-state index in [1.54, 1.807) is 6.20 Å². The maximum atomic E-state index is 11.6. The van der Waals surface area contributed by atoms with Gasteiger partial charge in [0, 0.05) is 45.1 Å². The van der Waals surface area contributed by atoms with Gasteiger partial charge in [-0.25, -0.2) is 4.98 Å². The molecule has 2 aromatic heterocycles. The van der Waals surface area contributed by atoms with Gasteiger partial charge in [0.1, 0.15) is 11.6 Å². The van der Waals surface area contributed by atoms with Gasteiger partial charge < -0.3 is 5.11 Å². The van der Waals surface area contributed by atoms with Crippen molar-refractivity contribution in [2.24, 2.45) is 0 Å². The molecule has 5 aromatic carbocycles. The summed E-state index contributed by atoms with van der Waals surface area (Å²) < 4.78 is 2.13. The monoisotopic (exact) mass is 723 g/mol. The molecule has 7 aromatic rings. The third-order valence-corrected chi connectivity index (χ3v) is 7.32. The molecule has 206 valence electrons. The molecule has 1 N–H and O–H groups in total. The molecule has 0 aliphatic heterocycles. The first-order valence-corrected chi connectivity index (χ1v) is 13.6. The van der Waals surface area contributed by atoms with Crippen LogP contribution in [-0.2, 0) is 27.5 Å². The van der Waals surface area contributed by atoms with Crippen LogP contribution in [0.25, 0.3) is 50.5 Å². The normalized spacial score (nSPS) is 10.9. The van der Waals surface area contributed by atoms with Crippen LogP contribution in [0, 0.1) is 6.07 Å². The summed E-state index contributed by atoms with van der Waals surface area (Å²) in [7, 11) is 0. The summed E-state index contributed by atoms with van der Waals surface area (Å²) in [6.07, 6.45) is 2.43. The van der Waals surface area contributed by atoms with E-state index in [-0.39, 0.29) is 26.8 Å². The van der Waals surface area contributed by atoms with Gasteiger partial charge in [-0.1, -0.05) is 96.1 Å². The average molecular weight is 724 g/mol. The summed E-state index contributed by atoms with van der Waals surface area (Å²) in [4.78, 5) is 9.73. The Labute approximate surface area is 259 Å². The predicted molar refractivity (Wildman–Crippen MR) is 165 cm³/mol. The van der Waals surface area contributed by atoms with E-state index in [1.165, 1.54) is 0 Å². The second-order valence-corrected chi connectivity index (χ2v) is 9.95. The number of rotatable bonds is 6. The Bertz CT molecular complexity index is 1970. The third-order valence-electron chi connectivity index (χ3n) is 7.32. The van der Waals surface area contributed by atoms with E-state index >= 15 is 0 Å². The molecule has 0 bridgehead atoms. The van der Waals surface area contributed by atoms with E-state index in [0.717, 1.165) is 50.2 Å². The number of phenolic OH excluding ortho intramolecular Hbond substituents is 1. The fourth-order valence-electron chi connectivity index (χ4n) is 5.36. The van der Waals surface area contributed by atoms with E-state index in [9.17, 15) is 5.11 Å². The van der Waals surface area contributed by atoms with Gasteiger partial charge in [-0.3, -0.25) is 9.55 Å². The van der Waals surface area contributed by atoms with Crippen LogP contribution in [0.4, 0.5) is 0 Å². The number of para-hydroxylation sites is 3. The van der Waals surface area contributed by atoms with Gasteiger partial charge in [-0.15, -0.1) is 29.8 Å². The molecular formula is C37H26N3OPt-. The molecule has 5 heteroatoms. The van der Waals surface area contributed by atoms with Crippen molar-refractivity contribution in [3.8, 4) is 45.2 Å². The smallest absolute Gasteiger partial charge is 0.148 e. The molecule has 0 atom stereocenters. The fraction of sp³-hybridized carbons (Fsp3) is 0.0270. The summed E-state index contributed by atoms with van der Waals surface area (Å²) in [5.74, 6) is 0.932. The van der Waals surface area contributed by atoms with E-state index in [1.807, 2.05) is 84.9 Å². The number of benzene rings is 5. The van der Waals surface area contributed by atoms with Crippen LogP contribution in [0.3, 0.4) is 0 Å². The summed E-state index contributed by atoms with van der Waals surface area (Å²) in [5.41, 5.74) is 9.16. The first kappa shape index (κ1) is 27.4. The minimum absolute atomic E-state index is 0. The Morgan fingerprint density at radius 3 is 2.12 bits per heavy atom. The standard InChI is InChI=1S/C37H26N3O.Pt/c41-36-29(24-26-12-3-1-4-13-26)16-10-20-32(36)37-39-35-31(19-11-22-34(35)40(37)30-17-5-2-6-18-30)27-14-9-15-28(25-27)33-21-7-8-23-38-33;/h1-23,41H,24H2;/q-1;. The minimum atomic E-state index is 0. The van der Waals surface area contributed by atoms with Crippen LogP contribution in [0.15, 0.2) is 140 Å². The Morgan fingerprint density at radius 1 is 0.643 bits per heavy atom. The molecule has 0 amide bonds. The number of hydrogen-bond acceptors (Lipinski definition) is 3. The van der Waals surface area contributed by atoms with Crippen LogP contribution in [0.1, 0.15) is 11.1 Å². The number of aromatic hydroxyl groups is 1. The summed E-state index contributed by atoms with van der Waals surface area (Å²) in [6.45, 7) is 0. The van der Waals surface area contributed by atoms with E-state index in [2.05, 4.69) is 64.1 Å². The molecule has 42 heavy (non-hydrogen) atoms. The number of nitrogens with zero attached hydrogens (tertiary/aromatic N) is 3. The zero-order valence-corrected chi connectivity index (χ0v) is 24.9.